The molecule has 3 amide bonds. The topological polar surface area (TPSA) is 108 Å². The summed E-state index contributed by atoms with van der Waals surface area (Å²) in [5, 5.41) is 16.2. The van der Waals surface area contributed by atoms with E-state index in [0.717, 1.165) is 0 Å². The molecule has 2 atom stereocenters. The van der Waals surface area contributed by atoms with Gasteiger partial charge in [0.15, 0.2) is 0 Å². The largest absolute Gasteiger partial charge is 0.480 e. The zero-order valence-electron chi connectivity index (χ0n) is 10.9. The Kier molecular flexibility index (Phi) is 7.50. The first kappa shape index (κ1) is 16.2. The van der Waals surface area contributed by atoms with Gasteiger partial charge in [-0.15, -0.1) is 0 Å². The quantitative estimate of drug-likeness (QED) is 0.513. The van der Waals surface area contributed by atoms with E-state index in [0.29, 0.717) is 6.42 Å². The maximum Gasteiger partial charge on any atom is 0.326 e. The molecule has 0 aromatic heterocycles. The van der Waals surface area contributed by atoms with Crippen LogP contribution in [-0.4, -0.2) is 42.6 Å². The zero-order valence-corrected chi connectivity index (χ0v) is 10.9. The minimum absolute atomic E-state index is 0.158. The normalized spacial score (nSPS) is 13.3. The Morgan fingerprint density at radius 3 is 2.33 bits per heavy atom. The molecule has 0 aromatic carbocycles. The predicted molar refractivity (Wildman–Crippen MR) is 66.1 cm³/mol. The van der Waals surface area contributed by atoms with Gasteiger partial charge in [0.2, 0.25) is 5.91 Å². The maximum absolute atomic E-state index is 11.4. The summed E-state index contributed by atoms with van der Waals surface area (Å²) in [4.78, 5) is 33.3. The lowest BCUT2D eigenvalue weighted by Crippen LogP contribution is -2.49. The van der Waals surface area contributed by atoms with E-state index >= 15 is 0 Å². The number of hydrogen-bond acceptors (Lipinski definition) is 3. The Balaban J connectivity index is 4.11. The molecule has 7 nitrogen and oxygen atoms in total. The van der Waals surface area contributed by atoms with Crippen molar-refractivity contribution in [2.24, 2.45) is 5.92 Å². The van der Waals surface area contributed by atoms with Crippen LogP contribution in [0.3, 0.4) is 0 Å². The number of urea groups is 1. The first-order chi connectivity index (χ1) is 8.42. The van der Waals surface area contributed by atoms with E-state index in [1.165, 1.54) is 7.05 Å². The second-order valence-corrected chi connectivity index (χ2v) is 4.02. The molecule has 7 heteroatoms. The fourth-order valence-electron chi connectivity index (χ4n) is 1.29. The van der Waals surface area contributed by atoms with Gasteiger partial charge in [-0.2, -0.15) is 0 Å². The lowest BCUT2D eigenvalue weighted by atomic mass is 9.99. The maximum atomic E-state index is 11.4. The molecule has 0 saturated carbocycles. The summed E-state index contributed by atoms with van der Waals surface area (Å²) in [5.74, 6) is -1.41. The first-order valence-corrected chi connectivity index (χ1v) is 5.90. The number of hydrogen-bond donors (Lipinski definition) is 4. The molecule has 18 heavy (non-hydrogen) atoms. The highest BCUT2D eigenvalue weighted by molar-refractivity contribution is 5.83. The molecule has 104 valence electrons. The Bertz CT molecular complexity index is 307. The number of rotatable bonds is 7. The Morgan fingerprint density at radius 1 is 1.28 bits per heavy atom. The molecule has 1 unspecified atom stereocenters. The van der Waals surface area contributed by atoms with Crippen LogP contribution in [0.4, 0.5) is 4.79 Å². The highest BCUT2D eigenvalue weighted by atomic mass is 16.4. The van der Waals surface area contributed by atoms with Crippen molar-refractivity contribution < 1.29 is 19.5 Å². The molecule has 0 aromatic rings. The standard InChI is InChI=1S/C11H21N3O4/c1-4-7(2)9(10(16)17)14-11(18)13-6-5-8(15)12-3/h7,9H,4-6H2,1-3H3,(H,12,15)(H,16,17)(H2,13,14,18)/t7?,9-/m0/s1. The number of nitrogens with one attached hydrogen (secondary N) is 3. The van der Waals surface area contributed by atoms with Crippen molar-refractivity contribution in [3.63, 3.8) is 0 Å². The van der Waals surface area contributed by atoms with Crippen molar-refractivity contribution in [2.45, 2.75) is 32.7 Å². The molecule has 0 aliphatic heterocycles. The van der Waals surface area contributed by atoms with Gasteiger partial charge in [0.1, 0.15) is 6.04 Å². The van der Waals surface area contributed by atoms with Crippen molar-refractivity contribution in [2.75, 3.05) is 13.6 Å². The van der Waals surface area contributed by atoms with Gasteiger partial charge in [-0.05, 0) is 5.92 Å². The molecule has 0 spiro atoms. The number of carbonyl (C=O) groups is 3. The van der Waals surface area contributed by atoms with Gasteiger partial charge >= 0.3 is 12.0 Å². The zero-order chi connectivity index (χ0) is 14.1. The van der Waals surface area contributed by atoms with Crippen molar-refractivity contribution in [3.8, 4) is 0 Å². The molecule has 0 fully saturated rings. The Labute approximate surface area is 106 Å². The summed E-state index contributed by atoms with van der Waals surface area (Å²) < 4.78 is 0. The molecular weight excluding hydrogens is 238 g/mol. The average Bonchev–Trinajstić information content (AvgIpc) is 2.34. The first-order valence-electron chi connectivity index (χ1n) is 5.90. The van der Waals surface area contributed by atoms with E-state index in [1.54, 1.807) is 6.92 Å². The number of carbonyl (C=O) groups excluding carboxylic acids is 2. The molecule has 4 N–H and O–H groups in total. The molecule has 0 saturated heterocycles. The fraction of sp³-hybridized carbons (Fsp3) is 0.727. The van der Waals surface area contributed by atoms with Crippen molar-refractivity contribution in [3.05, 3.63) is 0 Å². The van der Waals surface area contributed by atoms with Crippen LogP contribution in [0.5, 0.6) is 0 Å². The SMILES string of the molecule is CCC(C)[C@H](NC(=O)NCCC(=O)NC)C(=O)O. The van der Waals surface area contributed by atoms with Crippen LogP contribution in [0.2, 0.25) is 0 Å². The minimum atomic E-state index is -1.06. The third kappa shape index (κ3) is 6.07. The Morgan fingerprint density at radius 2 is 1.89 bits per heavy atom. The van der Waals surface area contributed by atoms with Crippen LogP contribution in [0.15, 0.2) is 0 Å². The summed E-state index contributed by atoms with van der Waals surface area (Å²) in [7, 11) is 1.51. The van der Waals surface area contributed by atoms with Gasteiger partial charge in [-0.3, -0.25) is 4.79 Å². The van der Waals surface area contributed by atoms with E-state index in [9.17, 15) is 14.4 Å². The van der Waals surface area contributed by atoms with Crippen LogP contribution in [0.1, 0.15) is 26.7 Å². The monoisotopic (exact) mass is 259 g/mol. The van der Waals surface area contributed by atoms with E-state index < -0.39 is 18.0 Å². The van der Waals surface area contributed by atoms with Crippen molar-refractivity contribution in [1.82, 2.24) is 16.0 Å². The van der Waals surface area contributed by atoms with E-state index in [1.807, 2.05) is 6.92 Å². The van der Waals surface area contributed by atoms with Crippen LogP contribution in [-0.2, 0) is 9.59 Å². The van der Waals surface area contributed by atoms with Gasteiger partial charge in [-0.1, -0.05) is 20.3 Å². The van der Waals surface area contributed by atoms with Gasteiger partial charge in [0, 0.05) is 20.0 Å². The van der Waals surface area contributed by atoms with E-state index in [-0.39, 0.29) is 24.8 Å². The van der Waals surface area contributed by atoms with Gasteiger partial charge in [0.25, 0.3) is 0 Å². The smallest absolute Gasteiger partial charge is 0.326 e. The highest BCUT2D eigenvalue weighted by Gasteiger charge is 2.24. The molecule has 0 radical (unpaired) electrons. The van der Waals surface area contributed by atoms with E-state index in [4.69, 9.17) is 5.11 Å². The third-order valence-corrected chi connectivity index (χ3v) is 2.68. The summed E-state index contributed by atoms with van der Waals surface area (Å²) in [6.07, 6.45) is 0.806. The summed E-state index contributed by atoms with van der Waals surface area (Å²) in [6, 6.07) is -1.50. The third-order valence-electron chi connectivity index (χ3n) is 2.68. The number of amides is 3. The molecule has 0 heterocycles. The lowest BCUT2D eigenvalue weighted by Gasteiger charge is -2.20. The molecule has 0 bridgehead atoms. The van der Waals surface area contributed by atoms with Crippen molar-refractivity contribution >= 4 is 17.9 Å². The summed E-state index contributed by atoms with van der Waals surface area (Å²) in [5.41, 5.74) is 0. The predicted octanol–water partition coefficient (Wildman–Crippen LogP) is -0.0790. The number of carboxylic acids is 1. The molecular formula is C11H21N3O4. The molecule has 0 rings (SSSR count). The van der Waals surface area contributed by atoms with Crippen molar-refractivity contribution in [1.29, 1.82) is 0 Å². The highest BCUT2D eigenvalue weighted by Crippen LogP contribution is 2.07. The van der Waals surface area contributed by atoms with Crippen LogP contribution in [0.25, 0.3) is 0 Å². The Hall–Kier alpha value is -1.79. The van der Waals surface area contributed by atoms with Gasteiger partial charge < -0.3 is 21.1 Å². The van der Waals surface area contributed by atoms with Gasteiger partial charge in [0.05, 0.1) is 0 Å². The van der Waals surface area contributed by atoms with Crippen LogP contribution >= 0.6 is 0 Å². The fourth-order valence-corrected chi connectivity index (χ4v) is 1.29. The van der Waals surface area contributed by atoms with Crippen LogP contribution in [0, 0.1) is 5.92 Å². The molecule has 0 aliphatic rings. The number of aliphatic carboxylic acids is 1. The lowest BCUT2D eigenvalue weighted by molar-refractivity contribution is -0.140. The number of carboxylic acid groups (broad SMARTS) is 1. The minimum Gasteiger partial charge on any atom is -0.480 e. The second-order valence-electron chi connectivity index (χ2n) is 4.02. The van der Waals surface area contributed by atoms with E-state index in [2.05, 4.69) is 16.0 Å². The second kappa shape index (κ2) is 8.32. The molecule has 0 aliphatic carbocycles. The summed E-state index contributed by atoms with van der Waals surface area (Å²) in [6.45, 7) is 3.77. The van der Waals surface area contributed by atoms with Crippen LogP contribution < -0.4 is 16.0 Å². The average molecular weight is 259 g/mol. The summed E-state index contributed by atoms with van der Waals surface area (Å²) >= 11 is 0. The van der Waals surface area contributed by atoms with Gasteiger partial charge in [-0.25, -0.2) is 9.59 Å².